The van der Waals surface area contributed by atoms with Crippen molar-refractivity contribution in [2.45, 2.75) is 95.7 Å². The summed E-state index contributed by atoms with van der Waals surface area (Å²) in [6, 6.07) is 0. The highest BCUT2D eigenvalue weighted by atomic mass is 16.5. The van der Waals surface area contributed by atoms with Crippen LogP contribution in [0, 0.1) is 0 Å². The molecule has 38 heavy (non-hydrogen) atoms. The Bertz CT molecular complexity index is 879. The molecular weight excluding hydrogens is 484 g/mol. The van der Waals surface area contributed by atoms with Crippen LogP contribution in [0.3, 0.4) is 0 Å². The summed E-state index contributed by atoms with van der Waals surface area (Å²) in [4.78, 5) is 24.3. The molecule has 0 radical (unpaired) electrons. The monoisotopic (exact) mass is 528 g/mol. The van der Waals surface area contributed by atoms with Gasteiger partial charge in [-0.2, -0.15) is 0 Å². The third-order valence-corrected chi connectivity index (χ3v) is 5.57. The van der Waals surface area contributed by atoms with Gasteiger partial charge in [-0.3, -0.25) is 4.79 Å². The van der Waals surface area contributed by atoms with Crippen LogP contribution in [0.15, 0.2) is 85.1 Å². The van der Waals surface area contributed by atoms with Crippen LogP contribution in [0.1, 0.15) is 65.2 Å². The lowest BCUT2D eigenvalue weighted by atomic mass is 10.1. The molecule has 0 unspecified atom stereocenters. The first kappa shape index (κ1) is 33.0. The van der Waals surface area contributed by atoms with E-state index in [1.807, 2.05) is 26.0 Å². The number of hydrogen-bond acceptors (Lipinski definition) is 7. The van der Waals surface area contributed by atoms with E-state index in [1.165, 1.54) is 6.08 Å². The normalized spacial score (nSPS) is 30.7. The topological polar surface area (TPSA) is 113 Å². The quantitative estimate of drug-likeness (QED) is 0.341. The minimum atomic E-state index is -0.750. The molecule has 0 saturated heterocycles. The Kier molecular flexibility index (Phi) is 18.2. The minimum absolute atomic E-state index is 0.0453. The van der Waals surface area contributed by atoms with Crippen molar-refractivity contribution in [1.29, 1.82) is 0 Å². The van der Waals surface area contributed by atoms with Gasteiger partial charge in [0.25, 0.3) is 0 Å². The molecule has 0 saturated carbocycles. The molecule has 0 amide bonds. The highest BCUT2D eigenvalue weighted by Gasteiger charge is 2.10. The molecule has 1 heterocycles. The van der Waals surface area contributed by atoms with Gasteiger partial charge in [0.05, 0.1) is 30.8 Å². The summed E-state index contributed by atoms with van der Waals surface area (Å²) in [5.41, 5.74) is 0. The van der Waals surface area contributed by atoms with E-state index in [0.29, 0.717) is 19.3 Å². The second-order valence-electron chi connectivity index (χ2n) is 9.16. The smallest absolute Gasteiger partial charge is 0.331 e. The second kappa shape index (κ2) is 21.0. The van der Waals surface area contributed by atoms with Gasteiger partial charge in [-0.05, 0) is 45.1 Å². The number of ether oxygens (including phenoxy) is 2. The van der Waals surface area contributed by atoms with Gasteiger partial charge in [0.15, 0.2) is 0 Å². The van der Waals surface area contributed by atoms with Crippen LogP contribution in [0.25, 0.3) is 0 Å². The van der Waals surface area contributed by atoms with Crippen LogP contribution in [-0.2, 0) is 19.1 Å². The molecule has 0 aromatic rings. The molecule has 1 aliphatic rings. The van der Waals surface area contributed by atoms with Gasteiger partial charge >= 0.3 is 11.9 Å². The van der Waals surface area contributed by atoms with Crippen LogP contribution in [0.4, 0.5) is 0 Å². The van der Waals surface area contributed by atoms with E-state index in [9.17, 15) is 24.9 Å². The van der Waals surface area contributed by atoms with E-state index in [4.69, 9.17) is 9.47 Å². The van der Waals surface area contributed by atoms with Gasteiger partial charge in [-0.1, -0.05) is 79.8 Å². The van der Waals surface area contributed by atoms with Gasteiger partial charge in [-0.15, -0.1) is 0 Å². The average molecular weight is 529 g/mol. The summed E-state index contributed by atoms with van der Waals surface area (Å²) in [6.07, 6.45) is 25.1. The van der Waals surface area contributed by atoms with Gasteiger partial charge in [0.2, 0.25) is 0 Å². The van der Waals surface area contributed by atoms with Gasteiger partial charge in [0, 0.05) is 18.9 Å². The molecule has 1 rings (SSSR count). The summed E-state index contributed by atoms with van der Waals surface area (Å²) in [6.45, 7) is 3.70. The first-order chi connectivity index (χ1) is 18.3. The van der Waals surface area contributed by atoms with Crippen molar-refractivity contribution >= 4 is 11.9 Å². The predicted octanol–water partition coefficient (Wildman–Crippen LogP) is 4.96. The molecule has 0 aromatic carbocycles. The van der Waals surface area contributed by atoms with Gasteiger partial charge in [0.1, 0.15) is 6.10 Å². The molecule has 0 aromatic heterocycles. The first-order valence-electron chi connectivity index (χ1n) is 13.4. The number of hydrogen-bond donors (Lipinski definition) is 3. The summed E-state index contributed by atoms with van der Waals surface area (Å²) in [5.74, 6) is -0.842. The average Bonchev–Trinajstić information content (AvgIpc) is 2.86. The molecular formula is C31H44O7. The largest absolute Gasteiger partial charge is 0.460 e. The molecule has 0 bridgehead atoms. The lowest BCUT2D eigenvalue weighted by molar-refractivity contribution is -0.145. The van der Waals surface area contributed by atoms with E-state index in [-0.39, 0.29) is 18.9 Å². The van der Waals surface area contributed by atoms with Gasteiger partial charge < -0.3 is 24.8 Å². The zero-order valence-corrected chi connectivity index (χ0v) is 22.6. The van der Waals surface area contributed by atoms with Crippen molar-refractivity contribution < 1.29 is 34.4 Å². The van der Waals surface area contributed by atoms with Crippen molar-refractivity contribution in [3.05, 3.63) is 85.1 Å². The molecule has 7 heteroatoms. The number of aliphatic hydroxyl groups is 3. The molecule has 3 N–H and O–H groups in total. The highest BCUT2D eigenvalue weighted by molar-refractivity contribution is 5.82. The van der Waals surface area contributed by atoms with E-state index >= 15 is 0 Å². The lowest BCUT2D eigenvalue weighted by Crippen LogP contribution is -2.15. The van der Waals surface area contributed by atoms with E-state index in [2.05, 4.69) is 0 Å². The molecule has 5 atom stereocenters. The van der Waals surface area contributed by atoms with E-state index < -0.39 is 36.4 Å². The fourth-order valence-corrected chi connectivity index (χ4v) is 3.41. The van der Waals surface area contributed by atoms with E-state index in [0.717, 1.165) is 19.3 Å². The Hall–Kier alpha value is -3.00. The molecule has 210 valence electrons. The summed E-state index contributed by atoms with van der Waals surface area (Å²) in [7, 11) is 0. The maximum Gasteiger partial charge on any atom is 0.331 e. The lowest BCUT2D eigenvalue weighted by Gasteiger charge is -2.12. The molecule has 0 aliphatic carbocycles. The third kappa shape index (κ3) is 18.3. The number of aliphatic hydroxyl groups excluding tert-OH is 3. The van der Waals surface area contributed by atoms with Crippen molar-refractivity contribution in [3.63, 3.8) is 0 Å². The number of allylic oxidation sites excluding steroid dienone is 7. The fourth-order valence-electron chi connectivity index (χ4n) is 3.41. The Morgan fingerprint density at radius 3 is 2.58 bits per heavy atom. The van der Waals surface area contributed by atoms with Crippen LogP contribution < -0.4 is 0 Å². The second-order valence-corrected chi connectivity index (χ2v) is 9.16. The summed E-state index contributed by atoms with van der Waals surface area (Å²) in [5, 5.41) is 29.8. The maximum atomic E-state index is 12.2. The Labute approximate surface area is 227 Å². The van der Waals surface area contributed by atoms with Crippen molar-refractivity contribution in [2.24, 2.45) is 0 Å². The number of carbonyl (C=O) groups is 2. The highest BCUT2D eigenvalue weighted by Crippen LogP contribution is 2.09. The first-order valence-corrected chi connectivity index (χ1v) is 13.4. The zero-order chi connectivity index (χ0) is 28.0. The summed E-state index contributed by atoms with van der Waals surface area (Å²) < 4.78 is 10.9. The van der Waals surface area contributed by atoms with Crippen molar-refractivity contribution in [1.82, 2.24) is 0 Å². The van der Waals surface area contributed by atoms with E-state index in [1.54, 1.807) is 66.8 Å². The van der Waals surface area contributed by atoms with Crippen molar-refractivity contribution in [3.8, 4) is 0 Å². The SMILES string of the molecule is CC[C@@H](O)/C=C/CC(=O)O[C@@H]1/C=C/C=C\C[C@H](O)C[C@@H](O)/C=C/C=C\CCC[C@@H](C)OC(=O)/C=C\C=C\C1. The predicted molar refractivity (Wildman–Crippen MR) is 150 cm³/mol. The molecule has 7 nitrogen and oxygen atoms in total. The third-order valence-electron chi connectivity index (χ3n) is 5.57. The molecule has 1 aliphatic heterocycles. The fraction of sp³-hybridized carbons (Fsp3) is 0.484. The standard InChI is InChI=1S/C31H44O7/c1-3-26(32)19-15-23-31(36)38-29-20-12-7-11-18-28(34)24-27(33)17-10-6-4-5-9-16-25(2)37-30(35)22-14-8-13-21-29/h4,6-8,10-15,17,19-20,22,25-29,32-34H,3,5,9,16,18,21,23-24H2,1-2H3/b6-4-,11-7-,13-8+,17-10+,19-15+,20-12+,22-14-/t25-,26-,27+,28+,29-/m1/s1. The minimum Gasteiger partial charge on any atom is -0.460 e. The van der Waals surface area contributed by atoms with Crippen molar-refractivity contribution in [2.75, 3.05) is 0 Å². The molecule has 0 fully saturated rings. The van der Waals surface area contributed by atoms with Crippen LogP contribution >= 0.6 is 0 Å². The van der Waals surface area contributed by atoms with Crippen LogP contribution in [0.2, 0.25) is 0 Å². The number of carbonyl (C=O) groups excluding carboxylic acids is 2. The van der Waals surface area contributed by atoms with Gasteiger partial charge in [-0.25, -0.2) is 4.79 Å². The Morgan fingerprint density at radius 2 is 1.79 bits per heavy atom. The van der Waals surface area contributed by atoms with Crippen LogP contribution in [-0.4, -0.2) is 57.8 Å². The zero-order valence-electron chi connectivity index (χ0n) is 22.6. The number of rotatable bonds is 5. The molecule has 0 spiro atoms. The van der Waals surface area contributed by atoms with Crippen LogP contribution in [0.5, 0.6) is 0 Å². The Balaban J connectivity index is 2.87. The number of cyclic esters (lactones) is 1. The Morgan fingerprint density at radius 1 is 1.08 bits per heavy atom. The number of esters is 2. The maximum absolute atomic E-state index is 12.2. The summed E-state index contributed by atoms with van der Waals surface area (Å²) >= 11 is 0.